The molecule has 0 heterocycles. The minimum Gasteiger partial charge on any atom is -0.465 e. The van der Waals surface area contributed by atoms with Gasteiger partial charge in [0, 0.05) is 6.42 Å². The van der Waals surface area contributed by atoms with Crippen molar-refractivity contribution in [2.75, 3.05) is 6.61 Å². The second-order valence-corrected chi connectivity index (χ2v) is 5.60. The monoisotopic (exact) mass is 248 g/mol. The van der Waals surface area contributed by atoms with Crippen LogP contribution in [0.5, 0.6) is 5.75 Å². The van der Waals surface area contributed by atoms with Gasteiger partial charge in [0.1, 0.15) is 5.75 Å². The van der Waals surface area contributed by atoms with Gasteiger partial charge in [-0.3, -0.25) is 0 Å². The van der Waals surface area contributed by atoms with Gasteiger partial charge in [0.25, 0.3) is 0 Å². The van der Waals surface area contributed by atoms with Crippen LogP contribution in [0.4, 0.5) is 0 Å². The van der Waals surface area contributed by atoms with Gasteiger partial charge in [-0.1, -0.05) is 52.5 Å². The Hall–Kier alpha value is -1.28. The highest BCUT2D eigenvalue weighted by molar-refractivity contribution is 5.48. The van der Waals surface area contributed by atoms with E-state index in [-0.39, 0.29) is 11.7 Å². The third kappa shape index (κ3) is 5.37. The van der Waals surface area contributed by atoms with Crippen molar-refractivity contribution in [2.24, 2.45) is 5.41 Å². The van der Waals surface area contributed by atoms with Crippen LogP contribution in [0.25, 0.3) is 6.08 Å². The van der Waals surface area contributed by atoms with Crippen LogP contribution in [-0.2, 0) is 4.74 Å². The van der Waals surface area contributed by atoms with Crippen LogP contribution < -0.4 is 4.74 Å². The molecule has 0 radical (unpaired) electrons. The summed E-state index contributed by atoms with van der Waals surface area (Å²) in [4.78, 5) is 0. The molecule has 1 atom stereocenters. The van der Waals surface area contributed by atoms with Crippen molar-refractivity contribution in [1.29, 1.82) is 0 Å². The maximum absolute atomic E-state index is 5.80. The molecular weight excluding hydrogens is 224 g/mol. The van der Waals surface area contributed by atoms with Crippen molar-refractivity contribution < 1.29 is 9.47 Å². The minimum atomic E-state index is -0.182. The third-order valence-electron chi connectivity index (χ3n) is 2.42. The zero-order valence-corrected chi connectivity index (χ0v) is 11.9. The summed E-state index contributed by atoms with van der Waals surface area (Å²) in [6.07, 6.45) is 2.47. The van der Waals surface area contributed by atoms with Gasteiger partial charge < -0.3 is 9.47 Å². The van der Waals surface area contributed by atoms with E-state index >= 15 is 0 Å². The number of hydrogen-bond donors (Lipinski definition) is 0. The Morgan fingerprint density at radius 2 is 1.83 bits per heavy atom. The lowest BCUT2D eigenvalue weighted by atomic mass is 9.99. The van der Waals surface area contributed by atoms with Crippen molar-refractivity contribution in [2.45, 2.75) is 40.4 Å². The Bertz CT molecular complexity index is 360. The summed E-state index contributed by atoms with van der Waals surface area (Å²) in [7, 11) is 0. The molecule has 1 rings (SSSR count). The van der Waals surface area contributed by atoms with Gasteiger partial charge in [-0.15, -0.1) is 0 Å². The third-order valence-corrected chi connectivity index (χ3v) is 2.42. The standard InChI is InChI=1S/C16H24O2/c1-6-13-8-10-14(11-9-13)18-15(7-2)17-12-16(3,4)5/h6,8-11,15H,1,7,12H2,2-5H3. The largest absolute Gasteiger partial charge is 0.465 e. The van der Waals surface area contributed by atoms with Crippen molar-refractivity contribution >= 4 is 6.08 Å². The molecule has 18 heavy (non-hydrogen) atoms. The van der Waals surface area contributed by atoms with Crippen LogP contribution in [0.1, 0.15) is 39.7 Å². The molecule has 0 spiro atoms. The molecule has 2 heteroatoms. The van der Waals surface area contributed by atoms with E-state index in [0.717, 1.165) is 17.7 Å². The smallest absolute Gasteiger partial charge is 0.199 e. The molecule has 0 aliphatic rings. The van der Waals surface area contributed by atoms with Gasteiger partial charge in [-0.2, -0.15) is 0 Å². The van der Waals surface area contributed by atoms with Gasteiger partial charge in [-0.25, -0.2) is 0 Å². The van der Waals surface area contributed by atoms with Gasteiger partial charge in [-0.05, 0) is 23.1 Å². The maximum Gasteiger partial charge on any atom is 0.199 e. The SMILES string of the molecule is C=Cc1ccc(OC(CC)OCC(C)(C)C)cc1. The highest BCUT2D eigenvalue weighted by Crippen LogP contribution is 2.19. The van der Waals surface area contributed by atoms with E-state index in [4.69, 9.17) is 9.47 Å². The Morgan fingerprint density at radius 3 is 2.28 bits per heavy atom. The van der Waals surface area contributed by atoms with Crippen molar-refractivity contribution in [3.63, 3.8) is 0 Å². The fourth-order valence-corrected chi connectivity index (χ4v) is 1.41. The molecule has 0 bridgehead atoms. The van der Waals surface area contributed by atoms with Crippen molar-refractivity contribution in [3.05, 3.63) is 36.4 Å². The molecule has 2 nitrogen and oxygen atoms in total. The highest BCUT2D eigenvalue weighted by atomic mass is 16.7. The fraction of sp³-hybridized carbons (Fsp3) is 0.500. The number of hydrogen-bond acceptors (Lipinski definition) is 2. The average Bonchev–Trinajstić information content (AvgIpc) is 2.34. The summed E-state index contributed by atoms with van der Waals surface area (Å²) in [5.74, 6) is 0.835. The summed E-state index contributed by atoms with van der Waals surface area (Å²) < 4.78 is 11.6. The molecule has 0 saturated heterocycles. The molecule has 1 unspecified atom stereocenters. The Balaban J connectivity index is 2.53. The van der Waals surface area contributed by atoms with E-state index in [1.165, 1.54) is 0 Å². The van der Waals surface area contributed by atoms with Crippen LogP contribution >= 0.6 is 0 Å². The van der Waals surface area contributed by atoms with E-state index in [0.29, 0.717) is 6.61 Å². The summed E-state index contributed by atoms with van der Waals surface area (Å²) in [5.41, 5.74) is 1.25. The van der Waals surface area contributed by atoms with E-state index < -0.39 is 0 Å². The quantitative estimate of drug-likeness (QED) is 0.690. The van der Waals surface area contributed by atoms with Crippen LogP contribution in [0.2, 0.25) is 0 Å². The van der Waals surface area contributed by atoms with Gasteiger partial charge in [0.05, 0.1) is 6.61 Å². The predicted octanol–water partition coefficient (Wildman–Crippen LogP) is 4.51. The molecule has 0 aliphatic heterocycles. The predicted molar refractivity (Wildman–Crippen MR) is 76.6 cm³/mol. The van der Waals surface area contributed by atoms with Crippen LogP contribution in [0.15, 0.2) is 30.8 Å². The van der Waals surface area contributed by atoms with Crippen LogP contribution in [0.3, 0.4) is 0 Å². The molecule has 0 N–H and O–H groups in total. The van der Waals surface area contributed by atoms with Gasteiger partial charge in [0.2, 0.25) is 0 Å². The van der Waals surface area contributed by atoms with E-state index in [9.17, 15) is 0 Å². The van der Waals surface area contributed by atoms with Crippen LogP contribution in [-0.4, -0.2) is 12.9 Å². The molecule has 1 aromatic rings. The zero-order valence-electron chi connectivity index (χ0n) is 11.9. The highest BCUT2D eigenvalue weighted by Gasteiger charge is 2.15. The summed E-state index contributed by atoms with van der Waals surface area (Å²) >= 11 is 0. The first-order valence-electron chi connectivity index (χ1n) is 6.45. The molecular formula is C16H24O2. The lowest BCUT2D eigenvalue weighted by molar-refractivity contribution is -0.103. The average molecular weight is 248 g/mol. The lowest BCUT2D eigenvalue weighted by Gasteiger charge is -2.24. The molecule has 0 aliphatic carbocycles. The second kappa shape index (κ2) is 6.60. The van der Waals surface area contributed by atoms with Crippen molar-refractivity contribution in [1.82, 2.24) is 0 Å². The molecule has 0 aromatic heterocycles. The maximum atomic E-state index is 5.80. The topological polar surface area (TPSA) is 18.5 Å². The normalized spacial score (nSPS) is 13.1. The molecule has 0 fully saturated rings. The Morgan fingerprint density at radius 1 is 1.22 bits per heavy atom. The van der Waals surface area contributed by atoms with Gasteiger partial charge in [0.15, 0.2) is 6.29 Å². The first-order chi connectivity index (χ1) is 8.44. The second-order valence-electron chi connectivity index (χ2n) is 5.60. The van der Waals surface area contributed by atoms with E-state index in [1.54, 1.807) is 0 Å². The zero-order chi connectivity index (χ0) is 13.6. The van der Waals surface area contributed by atoms with E-state index in [2.05, 4.69) is 34.3 Å². The number of ether oxygens (including phenoxy) is 2. The van der Waals surface area contributed by atoms with Gasteiger partial charge >= 0.3 is 0 Å². The molecule has 1 aromatic carbocycles. The first-order valence-corrected chi connectivity index (χ1v) is 6.45. The minimum absolute atomic E-state index is 0.156. The van der Waals surface area contributed by atoms with Crippen LogP contribution in [0, 0.1) is 5.41 Å². The Kier molecular flexibility index (Phi) is 5.42. The lowest BCUT2D eigenvalue weighted by Crippen LogP contribution is -2.25. The number of rotatable bonds is 6. The van der Waals surface area contributed by atoms with Crippen molar-refractivity contribution in [3.8, 4) is 5.75 Å². The Labute approximate surface area is 111 Å². The van der Waals surface area contributed by atoms with E-state index in [1.807, 2.05) is 30.3 Å². The fourth-order valence-electron chi connectivity index (χ4n) is 1.41. The summed E-state index contributed by atoms with van der Waals surface area (Å²) in [5, 5.41) is 0. The summed E-state index contributed by atoms with van der Waals surface area (Å²) in [6, 6.07) is 7.86. The molecule has 100 valence electrons. The first kappa shape index (κ1) is 14.8. The summed E-state index contributed by atoms with van der Waals surface area (Å²) in [6.45, 7) is 12.9. The number of benzene rings is 1. The molecule has 0 saturated carbocycles. The molecule has 0 amide bonds.